The molecule has 3 rings (SSSR count). The summed E-state index contributed by atoms with van der Waals surface area (Å²) in [6.45, 7) is 0.766. The van der Waals surface area contributed by atoms with E-state index in [1.807, 2.05) is 24.3 Å². The van der Waals surface area contributed by atoms with E-state index < -0.39 is 0 Å². The second-order valence-corrected chi connectivity index (χ2v) is 3.86. The van der Waals surface area contributed by atoms with Crippen molar-refractivity contribution in [3.63, 3.8) is 0 Å². The molecule has 0 aliphatic carbocycles. The lowest BCUT2D eigenvalue weighted by Gasteiger charge is -1.91. The molecule has 0 spiro atoms. The summed E-state index contributed by atoms with van der Waals surface area (Å²) in [6, 6.07) is 15.3. The van der Waals surface area contributed by atoms with E-state index in [2.05, 4.69) is 12.1 Å². The van der Waals surface area contributed by atoms with Gasteiger partial charge in [-0.25, -0.2) is 0 Å². The molecule has 0 fully saturated rings. The van der Waals surface area contributed by atoms with Crippen LogP contribution in [0.25, 0.3) is 0 Å². The molecular weight excluding hydrogens is 222 g/mol. The van der Waals surface area contributed by atoms with Crippen molar-refractivity contribution >= 4 is 17.3 Å². The van der Waals surface area contributed by atoms with Crippen LogP contribution in [0.2, 0.25) is 5.02 Å². The van der Waals surface area contributed by atoms with Crippen LogP contribution in [0.5, 0.6) is 5.75 Å². The number of hydrogen-bond donors (Lipinski definition) is 1. The first-order valence-corrected chi connectivity index (χ1v) is 5.35. The van der Waals surface area contributed by atoms with Crippen molar-refractivity contribution in [1.82, 2.24) is 0 Å². The molecule has 2 bridgehead atoms. The monoisotopic (exact) mass is 233 g/mol. The summed E-state index contributed by atoms with van der Waals surface area (Å²) in [4.78, 5) is 0. The van der Waals surface area contributed by atoms with E-state index in [9.17, 15) is 0 Å². The number of nitrogen functional groups attached to an aromatic ring is 1. The zero-order valence-corrected chi connectivity index (χ0v) is 9.45. The van der Waals surface area contributed by atoms with Gasteiger partial charge in [-0.3, -0.25) is 0 Å². The van der Waals surface area contributed by atoms with E-state index in [1.54, 1.807) is 12.1 Å². The Kier molecular flexibility index (Phi) is 3.32. The summed E-state index contributed by atoms with van der Waals surface area (Å²) in [5, 5.41) is 0.618. The fourth-order valence-electron chi connectivity index (χ4n) is 1.37. The van der Waals surface area contributed by atoms with E-state index in [1.165, 1.54) is 5.56 Å². The molecule has 2 aromatic carbocycles. The molecule has 0 amide bonds. The Morgan fingerprint density at radius 3 is 2.44 bits per heavy atom. The van der Waals surface area contributed by atoms with Crippen LogP contribution in [-0.2, 0) is 6.61 Å². The van der Waals surface area contributed by atoms with Crippen LogP contribution in [0, 0.1) is 0 Å². The maximum Gasteiger partial charge on any atom is 0.120 e. The molecule has 2 aromatic rings. The molecule has 82 valence electrons. The third kappa shape index (κ3) is 2.67. The average molecular weight is 234 g/mol. The van der Waals surface area contributed by atoms with Gasteiger partial charge in [0, 0.05) is 0 Å². The SMILES string of the molecule is Nc1ccccc1Cl.c1cc2cc(c1)OC2. The van der Waals surface area contributed by atoms with Crippen molar-refractivity contribution in [2.24, 2.45) is 0 Å². The second kappa shape index (κ2) is 4.90. The zero-order chi connectivity index (χ0) is 11.4. The number of benzene rings is 2. The van der Waals surface area contributed by atoms with Gasteiger partial charge in [0.2, 0.25) is 0 Å². The molecule has 0 radical (unpaired) electrons. The molecule has 0 saturated carbocycles. The molecule has 3 heteroatoms. The van der Waals surface area contributed by atoms with Gasteiger partial charge in [0.05, 0.1) is 10.7 Å². The predicted molar refractivity (Wildman–Crippen MR) is 66.6 cm³/mol. The van der Waals surface area contributed by atoms with Gasteiger partial charge >= 0.3 is 0 Å². The predicted octanol–water partition coefficient (Wildman–Crippen LogP) is 3.50. The van der Waals surface area contributed by atoms with Gasteiger partial charge in [-0.2, -0.15) is 0 Å². The Morgan fingerprint density at radius 1 is 1.06 bits per heavy atom. The smallest absolute Gasteiger partial charge is 0.120 e. The number of halogens is 1. The molecule has 1 aliphatic heterocycles. The summed E-state index contributed by atoms with van der Waals surface area (Å²) in [6.07, 6.45) is 0. The molecule has 1 aliphatic rings. The lowest BCUT2D eigenvalue weighted by molar-refractivity contribution is 0.328. The van der Waals surface area contributed by atoms with Crippen LogP contribution in [0.4, 0.5) is 5.69 Å². The van der Waals surface area contributed by atoms with Gasteiger partial charge in [0.15, 0.2) is 0 Å². The summed E-state index contributed by atoms with van der Waals surface area (Å²) >= 11 is 5.58. The Labute approximate surface area is 99.6 Å². The minimum atomic E-state index is 0.618. The van der Waals surface area contributed by atoms with Crippen molar-refractivity contribution in [1.29, 1.82) is 0 Å². The van der Waals surface area contributed by atoms with Gasteiger partial charge in [0.1, 0.15) is 12.4 Å². The van der Waals surface area contributed by atoms with E-state index in [4.69, 9.17) is 22.1 Å². The van der Waals surface area contributed by atoms with Crippen LogP contribution in [0.15, 0.2) is 48.5 Å². The highest BCUT2D eigenvalue weighted by Crippen LogP contribution is 2.20. The zero-order valence-electron chi connectivity index (χ0n) is 8.69. The van der Waals surface area contributed by atoms with Crippen molar-refractivity contribution < 1.29 is 4.74 Å². The van der Waals surface area contributed by atoms with E-state index in [-0.39, 0.29) is 0 Å². The number of hydrogen-bond acceptors (Lipinski definition) is 2. The highest BCUT2D eigenvalue weighted by atomic mass is 35.5. The van der Waals surface area contributed by atoms with Crippen LogP contribution in [0.3, 0.4) is 0 Å². The largest absolute Gasteiger partial charge is 0.489 e. The van der Waals surface area contributed by atoms with Crippen LogP contribution in [0.1, 0.15) is 5.56 Å². The maximum atomic E-state index is 5.58. The van der Waals surface area contributed by atoms with Crippen molar-refractivity contribution in [3.8, 4) is 5.75 Å². The summed E-state index contributed by atoms with van der Waals surface area (Å²) in [5.74, 6) is 1.00. The first-order chi connectivity index (χ1) is 7.75. The van der Waals surface area contributed by atoms with Crippen LogP contribution in [-0.4, -0.2) is 0 Å². The quantitative estimate of drug-likeness (QED) is 0.707. The number of anilines is 1. The summed E-state index contributed by atoms with van der Waals surface area (Å²) < 4.78 is 5.18. The molecule has 0 aromatic heterocycles. The van der Waals surface area contributed by atoms with E-state index in [0.29, 0.717) is 10.7 Å². The third-order valence-corrected chi connectivity index (χ3v) is 2.55. The lowest BCUT2D eigenvalue weighted by atomic mass is 10.2. The van der Waals surface area contributed by atoms with Gasteiger partial charge in [-0.1, -0.05) is 35.9 Å². The normalized spacial score (nSPS) is 11.3. The molecule has 1 heterocycles. The van der Waals surface area contributed by atoms with E-state index in [0.717, 1.165) is 12.4 Å². The van der Waals surface area contributed by atoms with Gasteiger partial charge in [-0.15, -0.1) is 0 Å². The highest BCUT2D eigenvalue weighted by Gasteiger charge is 2.03. The first kappa shape index (κ1) is 10.8. The molecular formula is C13H12ClNO. The second-order valence-electron chi connectivity index (χ2n) is 3.46. The number of ether oxygens (including phenoxy) is 1. The van der Waals surface area contributed by atoms with Crippen molar-refractivity contribution in [3.05, 3.63) is 59.1 Å². The first-order valence-electron chi connectivity index (χ1n) is 4.97. The van der Waals surface area contributed by atoms with Gasteiger partial charge in [0.25, 0.3) is 0 Å². The standard InChI is InChI=1S/C7H6O.C6H6ClN/c1-2-6-4-7(3-1)8-5-6;7-5-3-1-2-4-6(5)8/h1-4H,5H2;1-4H,8H2. The number of rotatable bonds is 0. The Balaban J connectivity index is 0.000000120. The van der Waals surface area contributed by atoms with Crippen LogP contribution >= 0.6 is 11.6 Å². The van der Waals surface area contributed by atoms with Crippen molar-refractivity contribution in [2.45, 2.75) is 6.61 Å². The van der Waals surface area contributed by atoms with Gasteiger partial charge < -0.3 is 10.5 Å². The average Bonchev–Trinajstić information content (AvgIpc) is 2.63. The minimum Gasteiger partial charge on any atom is -0.489 e. The van der Waals surface area contributed by atoms with Gasteiger partial charge in [-0.05, 0) is 29.8 Å². The molecule has 2 N–H and O–H groups in total. The van der Waals surface area contributed by atoms with E-state index >= 15 is 0 Å². The van der Waals surface area contributed by atoms with Crippen molar-refractivity contribution in [2.75, 3.05) is 5.73 Å². The number of fused-ring (bicyclic) bond motifs is 2. The Hall–Kier alpha value is -1.67. The highest BCUT2D eigenvalue weighted by molar-refractivity contribution is 6.33. The summed E-state index contributed by atoms with van der Waals surface area (Å²) in [7, 11) is 0. The Morgan fingerprint density at radius 2 is 1.88 bits per heavy atom. The lowest BCUT2D eigenvalue weighted by Crippen LogP contribution is -1.82. The molecule has 2 nitrogen and oxygen atoms in total. The summed E-state index contributed by atoms with van der Waals surface area (Å²) in [5.41, 5.74) is 7.30. The topological polar surface area (TPSA) is 35.2 Å². The number of nitrogens with two attached hydrogens (primary N) is 1. The molecule has 0 atom stereocenters. The molecule has 16 heavy (non-hydrogen) atoms. The fraction of sp³-hybridized carbons (Fsp3) is 0.0769. The number of para-hydroxylation sites is 1. The fourth-order valence-corrected chi connectivity index (χ4v) is 1.50. The molecule has 0 saturated heterocycles. The maximum absolute atomic E-state index is 5.58. The minimum absolute atomic E-state index is 0.618. The molecule has 0 unspecified atom stereocenters. The Bertz CT molecular complexity index is 445. The van der Waals surface area contributed by atoms with Crippen LogP contribution < -0.4 is 10.5 Å². The third-order valence-electron chi connectivity index (χ3n) is 2.21.